The summed E-state index contributed by atoms with van der Waals surface area (Å²) in [6.45, 7) is -0.201. The van der Waals surface area contributed by atoms with E-state index in [0.29, 0.717) is 34.6 Å². The van der Waals surface area contributed by atoms with Crippen molar-refractivity contribution < 1.29 is 18.8 Å². The molecular formula is C31H26FN5O4S. The molecule has 1 aromatic heterocycles. The van der Waals surface area contributed by atoms with E-state index in [2.05, 4.69) is 15.5 Å². The third-order valence-corrected chi connectivity index (χ3v) is 7.30. The summed E-state index contributed by atoms with van der Waals surface area (Å²) in [6.07, 6.45) is 0.408. The Morgan fingerprint density at radius 1 is 0.905 bits per heavy atom. The molecule has 1 amide bonds. The maximum Gasteiger partial charge on any atom is 0.269 e. The van der Waals surface area contributed by atoms with Crippen molar-refractivity contribution in [2.75, 3.05) is 6.61 Å². The molecule has 0 bridgehead atoms. The number of nitro groups is 1. The van der Waals surface area contributed by atoms with E-state index in [9.17, 15) is 19.3 Å². The molecule has 0 aliphatic heterocycles. The van der Waals surface area contributed by atoms with Crippen LogP contribution in [0.15, 0.2) is 114 Å². The van der Waals surface area contributed by atoms with Crippen LogP contribution in [0.1, 0.15) is 23.0 Å². The summed E-state index contributed by atoms with van der Waals surface area (Å²) in [6, 6.07) is 30.3. The number of thioether (sulfide) groups is 1. The Bertz CT molecular complexity index is 1630. The Labute approximate surface area is 245 Å². The van der Waals surface area contributed by atoms with E-state index in [1.165, 1.54) is 36.0 Å². The molecule has 0 aliphatic rings. The summed E-state index contributed by atoms with van der Waals surface area (Å²) < 4.78 is 20.9. The average molecular weight is 584 g/mol. The number of rotatable bonds is 12. The Morgan fingerprint density at radius 3 is 2.24 bits per heavy atom. The van der Waals surface area contributed by atoms with Gasteiger partial charge in [-0.25, -0.2) is 4.39 Å². The minimum absolute atomic E-state index is 0.0545. The van der Waals surface area contributed by atoms with Crippen LogP contribution in [0.4, 0.5) is 10.1 Å². The van der Waals surface area contributed by atoms with Crippen LogP contribution in [0.3, 0.4) is 0 Å². The summed E-state index contributed by atoms with van der Waals surface area (Å²) in [4.78, 5) is 23.9. The molecule has 0 spiro atoms. The molecule has 42 heavy (non-hydrogen) atoms. The number of amides is 1. The number of ether oxygens (including phenoxy) is 1. The number of non-ortho nitro benzene ring substituents is 1. The lowest BCUT2D eigenvalue weighted by Crippen LogP contribution is -2.35. The maximum atomic E-state index is 13.4. The zero-order valence-electron chi connectivity index (χ0n) is 22.3. The number of carbonyl (C=O) groups is 1. The number of carbonyl (C=O) groups excluding carboxylic acids is 1. The van der Waals surface area contributed by atoms with Crippen LogP contribution >= 0.6 is 11.8 Å². The van der Waals surface area contributed by atoms with E-state index in [-0.39, 0.29) is 24.0 Å². The van der Waals surface area contributed by atoms with Crippen LogP contribution < -0.4 is 10.1 Å². The zero-order chi connectivity index (χ0) is 29.3. The van der Waals surface area contributed by atoms with Crippen LogP contribution in [-0.2, 0) is 17.0 Å². The van der Waals surface area contributed by atoms with Crippen LogP contribution in [0.25, 0.3) is 5.69 Å². The summed E-state index contributed by atoms with van der Waals surface area (Å²) in [5.41, 5.74) is 2.38. The second-order valence-electron chi connectivity index (χ2n) is 9.28. The molecule has 1 heterocycles. The highest BCUT2D eigenvalue weighted by atomic mass is 32.2. The molecule has 5 aromatic rings. The first-order chi connectivity index (χ1) is 20.5. The molecule has 212 valence electrons. The molecule has 4 aromatic carbocycles. The van der Waals surface area contributed by atoms with Crippen LogP contribution in [0.5, 0.6) is 5.75 Å². The van der Waals surface area contributed by atoms with Gasteiger partial charge in [0.15, 0.2) is 17.6 Å². The van der Waals surface area contributed by atoms with Gasteiger partial charge < -0.3 is 10.1 Å². The number of halogens is 1. The van der Waals surface area contributed by atoms with Gasteiger partial charge >= 0.3 is 0 Å². The van der Waals surface area contributed by atoms with Gasteiger partial charge in [0.05, 0.1) is 11.0 Å². The molecule has 5 rings (SSSR count). The topological polar surface area (TPSA) is 112 Å². The standard InChI is InChI=1S/C31H26FN5O4S/c32-24-13-11-23(12-14-24)21-42-31-35-34-30(36(31)25-15-17-26(18-16-25)37(39)40)28(19-22-7-3-1-4-8-22)33-29(38)20-41-27-9-5-2-6-10-27/h1-18,28H,19-21H2,(H,33,38). The third kappa shape index (κ3) is 7.38. The Hall–Kier alpha value is -5.03. The van der Waals surface area contributed by atoms with E-state index in [0.717, 1.165) is 11.1 Å². The number of nitro benzene ring substituents is 1. The summed E-state index contributed by atoms with van der Waals surface area (Å²) in [5.74, 6) is 0.823. The first-order valence-electron chi connectivity index (χ1n) is 13.0. The molecule has 0 fully saturated rings. The van der Waals surface area contributed by atoms with Gasteiger partial charge in [-0.1, -0.05) is 72.4 Å². The predicted octanol–water partition coefficient (Wildman–Crippen LogP) is 6.09. The smallest absolute Gasteiger partial charge is 0.269 e. The number of nitrogens with zero attached hydrogens (tertiary/aromatic N) is 4. The SMILES string of the molecule is O=C(COc1ccccc1)NC(Cc1ccccc1)c1nnc(SCc2ccc(F)cc2)n1-c1ccc([N+](=O)[O-])cc1. The molecule has 1 atom stereocenters. The van der Waals surface area contributed by atoms with Crippen molar-refractivity contribution in [3.63, 3.8) is 0 Å². The molecule has 11 heteroatoms. The summed E-state index contributed by atoms with van der Waals surface area (Å²) in [7, 11) is 0. The third-order valence-electron chi connectivity index (χ3n) is 6.30. The van der Waals surface area contributed by atoms with Gasteiger partial charge in [-0.2, -0.15) is 0 Å². The predicted molar refractivity (Wildman–Crippen MR) is 157 cm³/mol. The van der Waals surface area contributed by atoms with Crippen molar-refractivity contribution in [1.82, 2.24) is 20.1 Å². The number of hydrogen-bond acceptors (Lipinski definition) is 7. The highest BCUT2D eigenvalue weighted by Gasteiger charge is 2.25. The first-order valence-corrected chi connectivity index (χ1v) is 14.0. The first kappa shape index (κ1) is 28.5. The van der Waals surface area contributed by atoms with Gasteiger partial charge in [-0.05, 0) is 53.9 Å². The van der Waals surface area contributed by atoms with Crippen molar-refractivity contribution in [3.05, 3.63) is 142 Å². The fourth-order valence-electron chi connectivity index (χ4n) is 4.25. The summed E-state index contributed by atoms with van der Waals surface area (Å²) in [5, 5.41) is 23.8. The number of aromatic nitrogens is 3. The molecule has 9 nitrogen and oxygen atoms in total. The highest BCUT2D eigenvalue weighted by molar-refractivity contribution is 7.98. The van der Waals surface area contributed by atoms with Crippen molar-refractivity contribution in [1.29, 1.82) is 0 Å². The molecule has 1 unspecified atom stereocenters. The van der Waals surface area contributed by atoms with Gasteiger partial charge in [0, 0.05) is 23.6 Å². The van der Waals surface area contributed by atoms with Crippen molar-refractivity contribution in [2.24, 2.45) is 0 Å². The molecule has 1 N–H and O–H groups in total. The molecular weight excluding hydrogens is 557 g/mol. The number of para-hydroxylation sites is 1. The Balaban J connectivity index is 1.48. The number of nitrogens with one attached hydrogen (secondary N) is 1. The normalized spacial score (nSPS) is 11.5. The lowest BCUT2D eigenvalue weighted by atomic mass is 10.0. The lowest BCUT2D eigenvalue weighted by molar-refractivity contribution is -0.384. The van der Waals surface area contributed by atoms with Crippen molar-refractivity contribution in [3.8, 4) is 11.4 Å². The second kappa shape index (κ2) is 13.6. The quantitative estimate of drug-likeness (QED) is 0.108. The van der Waals surface area contributed by atoms with Gasteiger partial charge in [0.2, 0.25) is 0 Å². The van der Waals surface area contributed by atoms with Crippen LogP contribution in [0.2, 0.25) is 0 Å². The fourth-order valence-corrected chi connectivity index (χ4v) is 5.17. The maximum absolute atomic E-state index is 13.4. The van der Waals surface area contributed by atoms with E-state index in [1.54, 1.807) is 41.0 Å². The van der Waals surface area contributed by atoms with Gasteiger partial charge in [0.1, 0.15) is 11.6 Å². The van der Waals surface area contributed by atoms with Crippen LogP contribution in [0, 0.1) is 15.9 Å². The zero-order valence-corrected chi connectivity index (χ0v) is 23.1. The van der Waals surface area contributed by atoms with E-state index < -0.39 is 11.0 Å². The van der Waals surface area contributed by atoms with Gasteiger partial charge in [0.25, 0.3) is 11.6 Å². The molecule has 0 saturated heterocycles. The number of benzene rings is 4. The fraction of sp³-hybridized carbons (Fsp3) is 0.129. The van der Waals surface area contributed by atoms with Crippen molar-refractivity contribution in [2.45, 2.75) is 23.4 Å². The van der Waals surface area contributed by atoms with Crippen LogP contribution in [-0.4, -0.2) is 32.2 Å². The van der Waals surface area contributed by atoms with E-state index in [4.69, 9.17) is 4.74 Å². The molecule has 0 saturated carbocycles. The van der Waals surface area contributed by atoms with Gasteiger partial charge in [-0.3, -0.25) is 19.5 Å². The largest absolute Gasteiger partial charge is 0.484 e. The van der Waals surface area contributed by atoms with Crippen molar-refractivity contribution >= 4 is 23.4 Å². The average Bonchev–Trinajstić information content (AvgIpc) is 3.44. The second-order valence-corrected chi connectivity index (χ2v) is 10.2. The highest BCUT2D eigenvalue weighted by Crippen LogP contribution is 2.30. The number of hydrogen-bond donors (Lipinski definition) is 1. The van der Waals surface area contributed by atoms with Gasteiger partial charge in [-0.15, -0.1) is 10.2 Å². The minimum atomic E-state index is -0.609. The Morgan fingerprint density at radius 2 is 1.57 bits per heavy atom. The molecule has 0 aliphatic carbocycles. The monoisotopic (exact) mass is 583 g/mol. The Kier molecular flexibility index (Phi) is 9.20. The van der Waals surface area contributed by atoms with E-state index >= 15 is 0 Å². The summed E-state index contributed by atoms with van der Waals surface area (Å²) >= 11 is 1.38. The minimum Gasteiger partial charge on any atom is -0.484 e. The lowest BCUT2D eigenvalue weighted by Gasteiger charge is -2.20. The molecule has 0 radical (unpaired) electrons. The van der Waals surface area contributed by atoms with E-state index in [1.807, 2.05) is 48.5 Å².